The van der Waals surface area contributed by atoms with E-state index in [0.29, 0.717) is 16.6 Å². The first kappa shape index (κ1) is 18.9. The highest BCUT2D eigenvalue weighted by atomic mass is 16.1. The molecule has 4 aromatic rings. The van der Waals surface area contributed by atoms with Gasteiger partial charge in [-0.05, 0) is 80.1 Å². The minimum atomic E-state index is -0.0967. The molecular weight excluding hydrogens is 362 g/mol. The lowest BCUT2D eigenvalue weighted by Crippen LogP contribution is -2.05. The number of imidazole rings is 1. The molecule has 6 nitrogen and oxygen atoms in total. The zero-order chi connectivity index (χ0) is 20.4. The van der Waals surface area contributed by atoms with Crippen molar-refractivity contribution >= 4 is 16.4 Å². The van der Waals surface area contributed by atoms with Crippen molar-refractivity contribution in [3.8, 4) is 17.2 Å². The summed E-state index contributed by atoms with van der Waals surface area (Å²) < 4.78 is 1.87. The highest BCUT2D eigenvalue weighted by Crippen LogP contribution is 2.26. The van der Waals surface area contributed by atoms with E-state index in [1.807, 2.05) is 54.9 Å². The summed E-state index contributed by atoms with van der Waals surface area (Å²) in [6.45, 7) is 6.37. The number of fused-ring (bicyclic) bond motifs is 2. The summed E-state index contributed by atoms with van der Waals surface area (Å²) in [5, 5.41) is 14.2. The van der Waals surface area contributed by atoms with Gasteiger partial charge in [-0.2, -0.15) is 5.26 Å². The number of aryl methyl sites for hydroxylation is 2. The third kappa shape index (κ3) is 3.78. The maximum Gasteiger partial charge on any atom is 0.255 e. The van der Waals surface area contributed by atoms with Gasteiger partial charge in [0.05, 0.1) is 11.3 Å². The first-order chi connectivity index (χ1) is 14.1. The third-order valence-corrected chi connectivity index (χ3v) is 5.19. The molecule has 5 rings (SSSR count). The lowest BCUT2D eigenvalue weighted by Gasteiger charge is -2.07. The van der Waals surface area contributed by atoms with Crippen molar-refractivity contribution in [2.75, 3.05) is 13.1 Å². The van der Waals surface area contributed by atoms with Gasteiger partial charge in [0.1, 0.15) is 6.07 Å². The maximum atomic E-state index is 11.9. The van der Waals surface area contributed by atoms with Crippen molar-refractivity contribution in [1.29, 1.82) is 5.26 Å². The second-order valence-electron chi connectivity index (χ2n) is 7.39. The maximum absolute atomic E-state index is 11.9. The second kappa shape index (κ2) is 7.90. The average molecular weight is 385 g/mol. The standard InChI is InChI=1S/C19H14N4O.C4H9N/c1-11-8-21-19(24)16-4-3-13(6-17(11)16)15-5-14(7-20)18-22-12(2)9-23(18)10-15;1-2-4-5-3-1/h3-6,8-10H,1-2H3,(H,21,24);5H,1-4H2. The van der Waals surface area contributed by atoms with Gasteiger partial charge in [0.25, 0.3) is 5.56 Å². The predicted molar refractivity (Wildman–Crippen MR) is 115 cm³/mol. The third-order valence-electron chi connectivity index (χ3n) is 5.19. The molecule has 1 aliphatic heterocycles. The van der Waals surface area contributed by atoms with Crippen LogP contribution < -0.4 is 10.9 Å². The second-order valence-corrected chi connectivity index (χ2v) is 7.39. The molecule has 6 heteroatoms. The molecule has 1 aromatic carbocycles. The number of benzene rings is 1. The van der Waals surface area contributed by atoms with Crippen molar-refractivity contribution in [3.05, 3.63) is 70.0 Å². The molecule has 4 heterocycles. The molecule has 1 saturated heterocycles. The van der Waals surface area contributed by atoms with Crippen molar-refractivity contribution < 1.29 is 0 Å². The van der Waals surface area contributed by atoms with Crippen molar-refractivity contribution in [1.82, 2.24) is 19.7 Å². The Hall–Kier alpha value is -3.43. The molecular formula is C23H23N5O. The Morgan fingerprint density at radius 2 is 1.86 bits per heavy atom. The van der Waals surface area contributed by atoms with Gasteiger partial charge in [-0.1, -0.05) is 6.07 Å². The van der Waals surface area contributed by atoms with E-state index in [4.69, 9.17) is 0 Å². The van der Waals surface area contributed by atoms with Crippen LogP contribution in [0.2, 0.25) is 0 Å². The van der Waals surface area contributed by atoms with Crippen LogP contribution >= 0.6 is 0 Å². The van der Waals surface area contributed by atoms with Crippen LogP contribution in [-0.4, -0.2) is 27.5 Å². The molecule has 29 heavy (non-hydrogen) atoms. The van der Waals surface area contributed by atoms with Crippen LogP contribution in [0.5, 0.6) is 0 Å². The molecule has 1 aliphatic rings. The molecule has 0 spiro atoms. The van der Waals surface area contributed by atoms with Crippen molar-refractivity contribution in [2.24, 2.45) is 0 Å². The van der Waals surface area contributed by atoms with E-state index in [1.54, 1.807) is 6.20 Å². The van der Waals surface area contributed by atoms with Gasteiger partial charge in [0.15, 0.2) is 5.65 Å². The molecule has 0 saturated carbocycles. The number of H-pyrrole nitrogens is 1. The van der Waals surface area contributed by atoms with Crippen LogP contribution in [0.25, 0.3) is 27.5 Å². The van der Waals surface area contributed by atoms with E-state index in [9.17, 15) is 10.1 Å². The van der Waals surface area contributed by atoms with E-state index >= 15 is 0 Å². The van der Waals surface area contributed by atoms with E-state index in [2.05, 4.69) is 21.4 Å². The number of hydrogen-bond donors (Lipinski definition) is 2. The Bertz CT molecular complexity index is 1280. The Labute approximate surface area is 168 Å². The fraction of sp³-hybridized carbons (Fsp3) is 0.261. The van der Waals surface area contributed by atoms with Gasteiger partial charge < -0.3 is 14.7 Å². The number of pyridine rings is 2. The molecule has 0 aliphatic carbocycles. The Morgan fingerprint density at radius 3 is 2.55 bits per heavy atom. The van der Waals surface area contributed by atoms with Crippen LogP contribution in [0.15, 0.2) is 47.7 Å². The normalized spacial score (nSPS) is 13.3. The molecule has 146 valence electrons. The molecule has 0 unspecified atom stereocenters. The van der Waals surface area contributed by atoms with Gasteiger partial charge in [0.2, 0.25) is 0 Å². The highest BCUT2D eigenvalue weighted by molar-refractivity contribution is 5.89. The van der Waals surface area contributed by atoms with Gasteiger partial charge in [-0.15, -0.1) is 0 Å². The smallest absolute Gasteiger partial charge is 0.255 e. The SMILES string of the molecule is C1CCNC1.Cc1cn2cc(-c3ccc4c(=O)[nH]cc(C)c4c3)cc(C#N)c2n1. The van der Waals surface area contributed by atoms with Gasteiger partial charge in [-0.3, -0.25) is 4.79 Å². The summed E-state index contributed by atoms with van der Waals surface area (Å²) >= 11 is 0. The van der Waals surface area contributed by atoms with E-state index in [1.165, 1.54) is 25.9 Å². The lowest BCUT2D eigenvalue weighted by molar-refractivity contribution is 0.857. The zero-order valence-electron chi connectivity index (χ0n) is 16.6. The topological polar surface area (TPSA) is 86.0 Å². The molecule has 0 radical (unpaired) electrons. The monoisotopic (exact) mass is 385 g/mol. The fourth-order valence-corrected chi connectivity index (χ4v) is 3.66. The first-order valence-corrected chi connectivity index (χ1v) is 9.79. The predicted octanol–water partition coefficient (Wildman–Crippen LogP) is 3.70. The molecule has 2 N–H and O–H groups in total. The summed E-state index contributed by atoms with van der Waals surface area (Å²) in [5.74, 6) is 0. The number of nitrogens with one attached hydrogen (secondary N) is 2. The summed E-state index contributed by atoms with van der Waals surface area (Å²) in [7, 11) is 0. The first-order valence-electron chi connectivity index (χ1n) is 9.79. The van der Waals surface area contributed by atoms with Crippen LogP contribution in [0.4, 0.5) is 0 Å². The average Bonchev–Trinajstić information content (AvgIpc) is 3.42. The number of nitrogens with zero attached hydrogens (tertiary/aromatic N) is 3. The lowest BCUT2D eigenvalue weighted by atomic mass is 10.0. The van der Waals surface area contributed by atoms with E-state index < -0.39 is 0 Å². The summed E-state index contributed by atoms with van der Waals surface area (Å²) in [6, 6.07) is 9.77. The Morgan fingerprint density at radius 1 is 1.07 bits per heavy atom. The van der Waals surface area contributed by atoms with Crippen LogP contribution in [0.1, 0.15) is 29.7 Å². The number of hydrogen-bond acceptors (Lipinski definition) is 4. The molecule has 1 fully saturated rings. The number of aromatic amines is 1. The van der Waals surface area contributed by atoms with Crippen LogP contribution in [0, 0.1) is 25.2 Å². The largest absolute Gasteiger partial charge is 0.328 e. The highest BCUT2D eigenvalue weighted by Gasteiger charge is 2.10. The minimum absolute atomic E-state index is 0.0967. The van der Waals surface area contributed by atoms with Gasteiger partial charge in [0, 0.05) is 24.0 Å². The summed E-state index contributed by atoms with van der Waals surface area (Å²) in [5.41, 5.74) is 4.84. The van der Waals surface area contributed by atoms with E-state index in [0.717, 1.165) is 27.8 Å². The molecule has 0 amide bonds. The Kier molecular flexibility index (Phi) is 5.15. The number of rotatable bonds is 1. The number of aromatic nitrogens is 3. The molecule has 0 bridgehead atoms. The quantitative estimate of drug-likeness (QED) is 0.523. The minimum Gasteiger partial charge on any atom is -0.328 e. The van der Waals surface area contributed by atoms with Crippen LogP contribution in [-0.2, 0) is 0 Å². The van der Waals surface area contributed by atoms with E-state index in [-0.39, 0.29) is 5.56 Å². The number of nitriles is 1. The van der Waals surface area contributed by atoms with Crippen LogP contribution in [0.3, 0.4) is 0 Å². The summed E-state index contributed by atoms with van der Waals surface area (Å²) in [4.78, 5) is 19.1. The zero-order valence-corrected chi connectivity index (χ0v) is 16.6. The van der Waals surface area contributed by atoms with Crippen molar-refractivity contribution in [2.45, 2.75) is 26.7 Å². The fourth-order valence-electron chi connectivity index (χ4n) is 3.66. The molecule has 0 atom stereocenters. The van der Waals surface area contributed by atoms with Gasteiger partial charge in [-0.25, -0.2) is 4.98 Å². The van der Waals surface area contributed by atoms with Crippen molar-refractivity contribution in [3.63, 3.8) is 0 Å². The Balaban J connectivity index is 0.000000359. The van der Waals surface area contributed by atoms with Gasteiger partial charge >= 0.3 is 0 Å². The summed E-state index contributed by atoms with van der Waals surface area (Å²) in [6.07, 6.45) is 8.36. The molecule has 3 aromatic heterocycles.